The van der Waals surface area contributed by atoms with Gasteiger partial charge in [0, 0.05) is 17.9 Å². The molecule has 1 fully saturated rings. The van der Waals surface area contributed by atoms with Gasteiger partial charge >= 0.3 is 0 Å². The molecule has 1 saturated heterocycles. The van der Waals surface area contributed by atoms with Crippen LogP contribution >= 0.6 is 11.8 Å². The number of rotatable bonds is 3. The van der Waals surface area contributed by atoms with Gasteiger partial charge in [-0.3, -0.25) is 4.79 Å². The maximum atomic E-state index is 11.3. The smallest absolute Gasteiger partial charge is 0.162 e. The van der Waals surface area contributed by atoms with Gasteiger partial charge in [0.15, 0.2) is 5.78 Å². The maximum absolute atomic E-state index is 11.3. The van der Waals surface area contributed by atoms with Crippen molar-refractivity contribution in [1.29, 1.82) is 0 Å². The van der Waals surface area contributed by atoms with Gasteiger partial charge in [0.05, 0.1) is 6.61 Å². The van der Waals surface area contributed by atoms with Gasteiger partial charge in [0.25, 0.3) is 0 Å². The summed E-state index contributed by atoms with van der Waals surface area (Å²) in [5, 5.41) is 0. The molecule has 3 heteroatoms. The van der Waals surface area contributed by atoms with Gasteiger partial charge in [-0.25, -0.2) is 0 Å². The van der Waals surface area contributed by atoms with E-state index in [2.05, 4.69) is 0 Å². The summed E-state index contributed by atoms with van der Waals surface area (Å²) in [6, 6.07) is 0. The van der Waals surface area contributed by atoms with E-state index in [1.54, 1.807) is 0 Å². The first-order valence-electron chi connectivity index (χ1n) is 4.06. The zero-order chi connectivity index (χ0) is 8.10. The van der Waals surface area contributed by atoms with E-state index in [0.717, 1.165) is 24.5 Å². The molecule has 64 valence electrons. The Morgan fingerprint density at radius 2 is 2.55 bits per heavy atom. The van der Waals surface area contributed by atoms with Crippen LogP contribution in [0.25, 0.3) is 0 Å². The lowest BCUT2D eigenvalue weighted by atomic mass is 10.1. The molecule has 1 rings (SSSR count). The molecule has 0 radical (unpaired) electrons. The van der Waals surface area contributed by atoms with Crippen molar-refractivity contribution in [3.8, 4) is 0 Å². The highest BCUT2D eigenvalue weighted by Gasteiger charge is 2.20. The minimum Gasteiger partial charge on any atom is -0.369 e. The van der Waals surface area contributed by atoms with Crippen LogP contribution in [-0.2, 0) is 9.53 Å². The van der Waals surface area contributed by atoms with Crippen LogP contribution in [0.1, 0.15) is 19.8 Å². The summed E-state index contributed by atoms with van der Waals surface area (Å²) in [6.45, 7) is 2.76. The van der Waals surface area contributed by atoms with Crippen molar-refractivity contribution in [3.63, 3.8) is 0 Å². The molecule has 0 N–H and O–H groups in total. The van der Waals surface area contributed by atoms with Gasteiger partial charge in [0.2, 0.25) is 0 Å². The predicted octanol–water partition coefficient (Wildman–Crippen LogP) is 1.49. The molecular formula is C8H14O2S. The highest BCUT2D eigenvalue weighted by atomic mass is 32.2. The van der Waals surface area contributed by atoms with E-state index in [9.17, 15) is 4.79 Å². The minimum absolute atomic E-state index is 0.103. The Morgan fingerprint density at radius 3 is 3.09 bits per heavy atom. The topological polar surface area (TPSA) is 26.3 Å². The molecule has 1 aliphatic rings. The molecule has 0 bridgehead atoms. The fourth-order valence-electron chi connectivity index (χ4n) is 1.08. The number of Topliss-reactive ketones (excluding diaryl/α,β-unsaturated/α-hetero) is 1. The number of hydrogen-bond acceptors (Lipinski definition) is 3. The van der Waals surface area contributed by atoms with Crippen molar-refractivity contribution in [3.05, 3.63) is 0 Å². The molecule has 0 aliphatic carbocycles. The van der Waals surface area contributed by atoms with E-state index >= 15 is 0 Å². The monoisotopic (exact) mass is 174 g/mol. The van der Waals surface area contributed by atoms with Gasteiger partial charge in [0.1, 0.15) is 6.10 Å². The van der Waals surface area contributed by atoms with Crippen LogP contribution in [-0.4, -0.2) is 30.0 Å². The van der Waals surface area contributed by atoms with Gasteiger partial charge in [-0.2, -0.15) is 11.8 Å². The first kappa shape index (κ1) is 9.07. The first-order valence-corrected chi connectivity index (χ1v) is 5.22. The normalized spacial score (nSPS) is 25.0. The summed E-state index contributed by atoms with van der Waals surface area (Å²) in [7, 11) is 0. The van der Waals surface area contributed by atoms with Gasteiger partial charge in [-0.1, -0.05) is 6.92 Å². The largest absolute Gasteiger partial charge is 0.369 e. The second-order valence-electron chi connectivity index (χ2n) is 2.65. The molecule has 2 nitrogen and oxygen atoms in total. The zero-order valence-electron chi connectivity index (χ0n) is 6.84. The first-order chi connectivity index (χ1) is 5.34. The van der Waals surface area contributed by atoms with Crippen LogP contribution in [0.15, 0.2) is 0 Å². The lowest BCUT2D eigenvalue weighted by Crippen LogP contribution is -2.31. The Kier molecular flexibility index (Phi) is 3.94. The molecule has 1 unspecified atom stereocenters. The summed E-state index contributed by atoms with van der Waals surface area (Å²) < 4.78 is 5.32. The van der Waals surface area contributed by atoms with Crippen molar-refractivity contribution in [2.75, 3.05) is 18.1 Å². The van der Waals surface area contributed by atoms with E-state index in [4.69, 9.17) is 4.74 Å². The highest BCUT2D eigenvalue weighted by molar-refractivity contribution is 7.99. The number of thioether (sulfide) groups is 1. The number of hydrogen-bond donors (Lipinski definition) is 0. The molecule has 0 aromatic heterocycles. The van der Waals surface area contributed by atoms with Crippen LogP contribution in [0.5, 0.6) is 0 Å². The SMILES string of the molecule is CCCC(=O)C1CSCCO1. The van der Waals surface area contributed by atoms with E-state index in [0.29, 0.717) is 6.42 Å². The second-order valence-corrected chi connectivity index (χ2v) is 3.80. The third-order valence-corrected chi connectivity index (χ3v) is 2.67. The molecule has 11 heavy (non-hydrogen) atoms. The minimum atomic E-state index is -0.103. The van der Waals surface area contributed by atoms with E-state index in [1.807, 2.05) is 18.7 Å². The average molecular weight is 174 g/mol. The Labute approximate surface area is 71.7 Å². The highest BCUT2D eigenvalue weighted by Crippen LogP contribution is 2.14. The number of carbonyl (C=O) groups is 1. The number of ketones is 1. The van der Waals surface area contributed by atoms with E-state index in [-0.39, 0.29) is 11.9 Å². The zero-order valence-corrected chi connectivity index (χ0v) is 7.65. The molecule has 0 spiro atoms. The summed E-state index contributed by atoms with van der Waals surface area (Å²) in [4.78, 5) is 11.3. The van der Waals surface area contributed by atoms with Crippen LogP contribution in [0.4, 0.5) is 0 Å². The standard InChI is InChI=1S/C8H14O2S/c1-2-3-7(9)8-6-11-5-4-10-8/h8H,2-6H2,1H3. The lowest BCUT2D eigenvalue weighted by molar-refractivity contribution is -0.129. The molecule has 1 heterocycles. The third-order valence-electron chi connectivity index (χ3n) is 1.67. The third kappa shape index (κ3) is 2.83. The van der Waals surface area contributed by atoms with Crippen molar-refractivity contribution in [2.45, 2.75) is 25.9 Å². The van der Waals surface area contributed by atoms with Gasteiger partial charge in [-0.05, 0) is 6.42 Å². The van der Waals surface area contributed by atoms with Gasteiger partial charge in [-0.15, -0.1) is 0 Å². The Hall–Kier alpha value is -0.0200. The summed E-state index contributed by atoms with van der Waals surface area (Å²) in [6.07, 6.45) is 1.50. The van der Waals surface area contributed by atoms with E-state index < -0.39 is 0 Å². The fourth-order valence-corrected chi connectivity index (χ4v) is 1.96. The van der Waals surface area contributed by atoms with Crippen molar-refractivity contribution < 1.29 is 9.53 Å². The van der Waals surface area contributed by atoms with Crippen molar-refractivity contribution in [1.82, 2.24) is 0 Å². The molecule has 0 aromatic rings. The Bertz CT molecular complexity index is 130. The lowest BCUT2D eigenvalue weighted by Gasteiger charge is -2.20. The summed E-state index contributed by atoms with van der Waals surface area (Å²) in [5.74, 6) is 2.18. The molecule has 0 amide bonds. The molecule has 1 atom stereocenters. The fraction of sp³-hybridized carbons (Fsp3) is 0.875. The quantitative estimate of drug-likeness (QED) is 0.648. The predicted molar refractivity (Wildman–Crippen MR) is 47.0 cm³/mol. The van der Waals surface area contributed by atoms with Gasteiger partial charge < -0.3 is 4.74 Å². The van der Waals surface area contributed by atoms with Crippen LogP contribution in [0.2, 0.25) is 0 Å². The van der Waals surface area contributed by atoms with Crippen molar-refractivity contribution in [2.24, 2.45) is 0 Å². The summed E-state index contributed by atoms with van der Waals surface area (Å²) >= 11 is 1.81. The summed E-state index contributed by atoms with van der Waals surface area (Å²) in [5.41, 5.74) is 0. The van der Waals surface area contributed by atoms with Crippen LogP contribution in [0.3, 0.4) is 0 Å². The second kappa shape index (κ2) is 4.78. The maximum Gasteiger partial charge on any atom is 0.162 e. The molecular weight excluding hydrogens is 160 g/mol. The Balaban J connectivity index is 2.27. The Morgan fingerprint density at radius 1 is 1.73 bits per heavy atom. The molecule has 0 aromatic carbocycles. The average Bonchev–Trinajstić information content (AvgIpc) is 2.07. The van der Waals surface area contributed by atoms with Crippen LogP contribution < -0.4 is 0 Å². The molecule has 1 aliphatic heterocycles. The van der Waals surface area contributed by atoms with Crippen LogP contribution in [0, 0.1) is 0 Å². The van der Waals surface area contributed by atoms with Crippen molar-refractivity contribution >= 4 is 17.5 Å². The number of carbonyl (C=O) groups excluding carboxylic acids is 1. The number of ether oxygens (including phenoxy) is 1. The molecule has 0 saturated carbocycles. The van der Waals surface area contributed by atoms with E-state index in [1.165, 1.54) is 0 Å².